The molecule has 94 valence electrons. The van der Waals surface area contributed by atoms with Gasteiger partial charge in [0.15, 0.2) is 0 Å². The maximum absolute atomic E-state index is 3.58. The molecule has 1 nitrogen and oxygen atoms in total. The average molecular weight is 284 g/mol. The van der Waals surface area contributed by atoms with Crippen LogP contribution in [0.1, 0.15) is 40.0 Å². The van der Waals surface area contributed by atoms with Gasteiger partial charge in [-0.2, -0.15) is 0 Å². The fraction of sp³-hybridized carbons (Fsp3) is 0.857. The first kappa shape index (κ1) is 14.3. The summed E-state index contributed by atoms with van der Waals surface area (Å²) in [7, 11) is 0. The van der Waals surface area contributed by atoms with Gasteiger partial charge in [0.25, 0.3) is 0 Å². The molecule has 0 saturated heterocycles. The Morgan fingerprint density at radius 1 is 1.25 bits per heavy atom. The molecule has 1 heterocycles. The first-order chi connectivity index (χ1) is 7.76. The quantitative estimate of drug-likeness (QED) is 0.753. The van der Waals surface area contributed by atoms with Crippen LogP contribution in [0.15, 0.2) is 11.0 Å². The van der Waals surface area contributed by atoms with E-state index in [-0.39, 0.29) is 0 Å². The molecule has 0 aromatic carbocycles. The van der Waals surface area contributed by atoms with E-state index in [2.05, 4.69) is 37.1 Å². The molecular weight excluding hydrogens is 255 g/mol. The summed E-state index contributed by atoms with van der Waals surface area (Å²) in [6.45, 7) is 9.54. The molecule has 1 unspecified atom stereocenters. The van der Waals surface area contributed by atoms with Gasteiger partial charge in [-0.25, -0.2) is 0 Å². The van der Waals surface area contributed by atoms with Gasteiger partial charge in [0, 0.05) is 0 Å². The van der Waals surface area contributed by atoms with Crippen molar-refractivity contribution in [3.63, 3.8) is 0 Å². The van der Waals surface area contributed by atoms with Crippen LogP contribution in [0.25, 0.3) is 0 Å². The molecule has 0 bridgehead atoms. The number of rotatable bonds is 5. The minimum absolute atomic E-state index is 0.963. The Morgan fingerprint density at radius 2 is 2.00 bits per heavy atom. The average Bonchev–Trinajstić information content (AvgIpc) is 2.29. The third-order valence-electron chi connectivity index (χ3n) is 4.24. The van der Waals surface area contributed by atoms with Gasteiger partial charge in [-0.15, -0.1) is 0 Å². The van der Waals surface area contributed by atoms with Crippen molar-refractivity contribution >= 4 is 13.3 Å². The first-order valence-corrected chi connectivity index (χ1v) is 12.8. The van der Waals surface area contributed by atoms with E-state index in [0.717, 1.165) is 12.5 Å². The SMILES string of the molecule is CCCCC1CNC/C=[CH]\[Ge]([CH2]C)([CH2]C)[CH2]1. The molecule has 1 rings (SSSR count). The van der Waals surface area contributed by atoms with Crippen LogP contribution < -0.4 is 5.32 Å². The van der Waals surface area contributed by atoms with E-state index in [1.165, 1.54) is 36.3 Å². The Hall–Kier alpha value is 0.243. The normalized spacial score (nSPS) is 27.1. The molecule has 0 spiro atoms. The Bertz CT molecular complexity index is 209. The van der Waals surface area contributed by atoms with Gasteiger partial charge >= 0.3 is 104 Å². The number of nitrogens with one attached hydrogen (secondary N) is 1. The van der Waals surface area contributed by atoms with E-state index in [4.69, 9.17) is 0 Å². The Morgan fingerprint density at radius 3 is 2.62 bits per heavy atom. The molecule has 16 heavy (non-hydrogen) atoms. The predicted octanol–water partition coefficient (Wildman–Crippen LogP) is 3.98. The van der Waals surface area contributed by atoms with Crippen molar-refractivity contribution in [3.05, 3.63) is 11.0 Å². The van der Waals surface area contributed by atoms with E-state index >= 15 is 0 Å². The van der Waals surface area contributed by atoms with E-state index in [0.29, 0.717) is 0 Å². The molecule has 1 aliphatic rings. The van der Waals surface area contributed by atoms with E-state index in [1.807, 2.05) is 0 Å². The van der Waals surface area contributed by atoms with Crippen LogP contribution in [-0.4, -0.2) is 26.4 Å². The summed E-state index contributed by atoms with van der Waals surface area (Å²) < 4.78 is 0. The van der Waals surface area contributed by atoms with Crippen molar-refractivity contribution in [2.45, 2.75) is 55.8 Å². The first-order valence-electron chi connectivity index (χ1n) is 7.14. The Balaban J connectivity index is 2.63. The summed E-state index contributed by atoms with van der Waals surface area (Å²) in [6, 6.07) is 0. The summed E-state index contributed by atoms with van der Waals surface area (Å²) >= 11 is -1.58. The molecule has 0 saturated carbocycles. The van der Waals surface area contributed by atoms with Crippen molar-refractivity contribution in [1.29, 1.82) is 0 Å². The van der Waals surface area contributed by atoms with Crippen LogP contribution in [-0.2, 0) is 0 Å². The Kier molecular flexibility index (Phi) is 6.75. The molecule has 1 atom stereocenters. The van der Waals surface area contributed by atoms with Crippen LogP contribution in [0.5, 0.6) is 0 Å². The number of hydrogen-bond acceptors (Lipinski definition) is 1. The van der Waals surface area contributed by atoms with Gasteiger partial charge < -0.3 is 0 Å². The third-order valence-corrected chi connectivity index (χ3v) is 15.0. The predicted molar refractivity (Wildman–Crippen MR) is 76.5 cm³/mol. The summed E-state index contributed by atoms with van der Waals surface area (Å²) in [5, 5.41) is 8.10. The molecular formula is C14H29GeN. The maximum atomic E-state index is 3.58. The van der Waals surface area contributed by atoms with Crippen LogP contribution in [0, 0.1) is 5.92 Å². The molecule has 0 amide bonds. The second kappa shape index (κ2) is 7.55. The van der Waals surface area contributed by atoms with Gasteiger partial charge in [-0.05, 0) is 0 Å². The van der Waals surface area contributed by atoms with Gasteiger partial charge in [0.2, 0.25) is 0 Å². The van der Waals surface area contributed by atoms with Crippen molar-refractivity contribution in [2.24, 2.45) is 5.92 Å². The standard InChI is InChI=1S/C14H29GeN/c1-4-7-9-14-12-15(5-2,6-3)10-8-11-16-13-14/h8,10,14,16H,4-7,9,11-13H2,1-3H3/b10-8-. The zero-order valence-electron chi connectivity index (χ0n) is 11.4. The summed E-state index contributed by atoms with van der Waals surface area (Å²) in [5.41, 5.74) is 0. The molecule has 0 radical (unpaired) electrons. The zero-order valence-corrected chi connectivity index (χ0v) is 13.5. The van der Waals surface area contributed by atoms with Gasteiger partial charge in [0.05, 0.1) is 0 Å². The van der Waals surface area contributed by atoms with Crippen molar-refractivity contribution in [2.75, 3.05) is 13.1 Å². The van der Waals surface area contributed by atoms with Crippen LogP contribution in [0.4, 0.5) is 0 Å². The third kappa shape index (κ3) is 4.25. The van der Waals surface area contributed by atoms with Crippen molar-refractivity contribution in [3.8, 4) is 0 Å². The van der Waals surface area contributed by atoms with Crippen LogP contribution in [0.2, 0.25) is 15.8 Å². The second-order valence-corrected chi connectivity index (χ2v) is 15.6. The molecule has 0 fully saturated rings. The van der Waals surface area contributed by atoms with Gasteiger partial charge in [-0.1, -0.05) is 0 Å². The fourth-order valence-electron chi connectivity index (χ4n) is 2.87. The van der Waals surface area contributed by atoms with Gasteiger partial charge in [-0.3, -0.25) is 0 Å². The second-order valence-electron chi connectivity index (χ2n) is 5.34. The fourth-order valence-corrected chi connectivity index (χ4v) is 10.8. The molecule has 0 aliphatic carbocycles. The zero-order chi connectivity index (χ0) is 11.9. The van der Waals surface area contributed by atoms with Crippen molar-refractivity contribution in [1.82, 2.24) is 5.32 Å². The molecule has 2 heteroatoms. The topological polar surface area (TPSA) is 12.0 Å². The van der Waals surface area contributed by atoms with Gasteiger partial charge in [0.1, 0.15) is 0 Å². The Labute approximate surface area is 104 Å². The van der Waals surface area contributed by atoms with Crippen LogP contribution in [0.3, 0.4) is 0 Å². The van der Waals surface area contributed by atoms with Crippen molar-refractivity contribution < 1.29 is 0 Å². The summed E-state index contributed by atoms with van der Waals surface area (Å²) in [5.74, 6) is 0.963. The summed E-state index contributed by atoms with van der Waals surface area (Å²) in [4.78, 5) is 2.67. The molecule has 0 aromatic rings. The molecule has 0 aromatic heterocycles. The number of hydrogen-bond donors (Lipinski definition) is 1. The summed E-state index contributed by atoms with van der Waals surface area (Å²) in [6.07, 6.45) is 6.64. The van der Waals surface area contributed by atoms with Crippen LogP contribution >= 0.6 is 0 Å². The minimum atomic E-state index is -1.58. The van der Waals surface area contributed by atoms with E-state index < -0.39 is 13.3 Å². The van der Waals surface area contributed by atoms with E-state index in [1.54, 1.807) is 5.25 Å². The molecule has 1 N–H and O–H groups in total. The van der Waals surface area contributed by atoms with E-state index in [9.17, 15) is 0 Å². The number of unbranched alkanes of at least 4 members (excludes halogenated alkanes) is 1. The molecule has 1 aliphatic heterocycles. The monoisotopic (exact) mass is 285 g/mol.